The van der Waals surface area contributed by atoms with Crippen LogP contribution in [0.3, 0.4) is 0 Å². The van der Waals surface area contributed by atoms with Gasteiger partial charge in [0.05, 0.1) is 11.1 Å². The maximum atomic E-state index is 10.7. The molecule has 2 aliphatic rings. The van der Waals surface area contributed by atoms with Gasteiger partial charge in [-0.1, -0.05) is 30.3 Å². The van der Waals surface area contributed by atoms with Crippen molar-refractivity contribution in [3.05, 3.63) is 71.3 Å². The van der Waals surface area contributed by atoms with E-state index in [-0.39, 0.29) is 45.6 Å². The first-order chi connectivity index (χ1) is 12.9. The SMILES string of the molecule is NC12Oc3cc(O)cc(O)c3C1(c1ccccc1)c1c(O)cc(O)cc1O2. The van der Waals surface area contributed by atoms with Crippen molar-refractivity contribution in [2.45, 2.75) is 11.3 Å². The van der Waals surface area contributed by atoms with Gasteiger partial charge < -0.3 is 29.9 Å². The second kappa shape index (κ2) is 4.77. The minimum absolute atomic E-state index is 0.136. The van der Waals surface area contributed by atoms with Gasteiger partial charge in [-0.2, -0.15) is 0 Å². The molecule has 27 heavy (non-hydrogen) atoms. The molecule has 0 bridgehead atoms. The van der Waals surface area contributed by atoms with E-state index in [4.69, 9.17) is 15.2 Å². The smallest absolute Gasteiger partial charge is 0.329 e. The molecular formula is C20H15NO6. The molecule has 2 heterocycles. The van der Waals surface area contributed by atoms with Crippen molar-refractivity contribution < 1.29 is 29.9 Å². The molecule has 0 unspecified atom stereocenters. The maximum Gasteiger partial charge on any atom is 0.329 e. The molecule has 7 heteroatoms. The van der Waals surface area contributed by atoms with Crippen molar-refractivity contribution in [1.82, 2.24) is 0 Å². The second-order valence-electron chi connectivity index (χ2n) is 6.66. The van der Waals surface area contributed by atoms with Gasteiger partial charge in [-0.25, -0.2) is 0 Å². The van der Waals surface area contributed by atoms with Gasteiger partial charge >= 0.3 is 5.91 Å². The van der Waals surface area contributed by atoms with E-state index in [9.17, 15) is 20.4 Å². The van der Waals surface area contributed by atoms with Gasteiger partial charge in [-0.3, -0.25) is 5.73 Å². The van der Waals surface area contributed by atoms with Crippen LogP contribution >= 0.6 is 0 Å². The molecule has 0 spiro atoms. The first-order valence-electron chi connectivity index (χ1n) is 8.22. The number of phenols is 4. The van der Waals surface area contributed by atoms with Gasteiger partial charge in [0.15, 0.2) is 5.41 Å². The third-order valence-electron chi connectivity index (χ3n) is 5.13. The number of fused-ring (bicyclic) bond motifs is 5. The van der Waals surface area contributed by atoms with Crippen molar-refractivity contribution in [3.8, 4) is 34.5 Å². The lowest BCUT2D eigenvalue weighted by atomic mass is 9.68. The Morgan fingerprint density at radius 2 is 1.19 bits per heavy atom. The summed E-state index contributed by atoms with van der Waals surface area (Å²) in [6.07, 6.45) is 0. The van der Waals surface area contributed by atoms with Crippen LogP contribution in [0.15, 0.2) is 54.6 Å². The van der Waals surface area contributed by atoms with E-state index < -0.39 is 11.3 Å². The summed E-state index contributed by atoms with van der Waals surface area (Å²) in [7, 11) is 0. The van der Waals surface area contributed by atoms with Crippen molar-refractivity contribution in [1.29, 1.82) is 0 Å². The molecule has 3 aromatic carbocycles. The number of rotatable bonds is 1. The largest absolute Gasteiger partial charge is 0.508 e. The fraction of sp³-hybridized carbons (Fsp3) is 0.100. The molecule has 0 aromatic heterocycles. The van der Waals surface area contributed by atoms with Crippen LogP contribution in [0.5, 0.6) is 34.5 Å². The van der Waals surface area contributed by atoms with Gasteiger partial charge in [0.25, 0.3) is 0 Å². The predicted octanol–water partition coefficient (Wildman–Crippen LogP) is 2.24. The minimum atomic E-state index is -1.85. The topological polar surface area (TPSA) is 125 Å². The van der Waals surface area contributed by atoms with Crippen LogP contribution in [0.1, 0.15) is 16.7 Å². The Morgan fingerprint density at radius 3 is 1.67 bits per heavy atom. The van der Waals surface area contributed by atoms with Gasteiger partial charge in [0, 0.05) is 24.3 Å². The Balaban J connectivity index is 1.98. The van der Waals surface area contributed by atoms with Gasteiger partial charge in [-0.05, 0) is 5.56 Å². The Labute approximate surface area is 153 Å². The van der Waals surface area contributed by atoms with Crippen LogP contribution in [-0.4, -0.2) is 26.3 Å². The minimum Gasteiger partial charge on any atom is -0.508 e. The van der Waals surface area contributed by atoms with Gasteiger partial charge in [0.1, 0.15) is 34.5 Å². The highest BCUT2D eigenvalue weighted by atomic mass is 16.7. The molecule has 0 amide bonds. The summed E-state index contributed by atoms with van der Waals surface area (Å²) < 4.78 is 11.7. The number of aromatic hydroxyl groups is 4. The fourth-order valence-electron chi connectivity index (χ4n) is 4.24. The summed E-state index contributed by atoms with van der Waals surface area (Å²) in [6, 6.07) is 13.9. The lowest BCUT2D eigenvalue weighted by Gasteiger charge is -2.34. The van der Waals surface area contributed by atoms with E-state index in [1.807, 2.05) is 6.07 Å². The maximum absolute atomic E-state index is 10.7. The summed E-state index contributed by atoms with van der Waals surface area (Å²) in [5.41, 5.74) is 6.24. The first-order valence-corrected chi connectivity index (χ1v) is 8.22. The van der Waals surface area contributed by atoms with E-state index in [1.165, 1.54) is 24.3 Å². The highest BCUT2D eigenvalue weighted by Crippen LogP contribution is 2.66. The zero-order chi connectivity index (χ0) is 19.0. The second-order valence-corrected chi connectivity index (χ2v) is 6.66. The molecule has 5 rings (SSSR count). The molecule has 3 aromatic rings. The van der Waals surface area contributed by atoms with E-state index in [1.54, 1.807) is 24.3 Å². The molecule has 0 fully saturated rings. The average Bonchev–Trinajstić information content (AvgIpc) is 2.98. The highest BCUT2D eigenvalue weighted by Gasteiger charge is 2.70. The number of ether oxygens (including phenoxy) is 2. The molecule has 0 saturated carbocycles. The van der Waals surface area contributed by atoms with Crippen molar-refractivity contribution in [2.75, 3.05) is 0 Å². The van der Waals surface area contributed by atoms with E-state index in [0.717, 1.165) is 0 Å². The van der Waals surface area contributed by atoms with Crippen LogP contribution in [0, 0.1) is 0 Å². The highest BCUT2D eigenvalue weighted by molar-refractivity contribution is 5.74. The van der Waals surface area contributed by atoms with Crippen LogP contribution < -0.4 is 15.2 Å². The lowest BCUT2D eigenvalue weighted by Crippen LogP contribution is -2.60. The van der Waals surface area contributed by atoms with E-state index in [0.29, 0.717) is 5.56 Å². The monoisotopic (exact) mass is 365 g/mol. The Bertz CT molecular complexity index is 1030. The number of hydrogen-bond donors (Lipinski definition) is 5. The molecule has 7 nitrogen and oxygen atoms in total. The molecule has 0 saturated heterocycles. The van der Waals surface area contributed by atoms with Gasteiger partial charge in [-0.15, -0.1) is 0 Å². The number of nitrogens with two attached hydrogens (primary N) is 1. The molecular weight excluding hydrogens is 350 g/mol. The Kier molecular flexibility index (Phi) is 2.77. The standard InChI is InChI=1S/C20H15NO6/c21-20-19(10-4-2-1-3-5-10,17-13(24)6-11(22)8-15(17)26-20)18-14(25)7-12(23)9-16(18)27-20/h1-9,22-25H,21H2. The van der Waals surface area contributed by atoms with Crippen molar-refractivity contribution in [3.63, 3.8) is 0 Å². The Hall–Kier alpha value is -3.58. The van der Waals surface area contributed by atoms with Crippen LogP contribution in [0.2, 0.25) is 0 Å². The zero-order valence-electron chi connectivity index (χ0n) is 13.9. The third-order valence-corrected chi connectivity index (χ3v) is 5.13. The predicted molar refractivity (Wildman–Crippen MR) is 94.0 cm³/mol. The molecule has 6 N–H and O–H groups in total. The lowest BCUT2D eigenvalue weighted by molar-refractivity contribution is -0.105. The van der Waals surface area contributed by atoms with Crippen LogP contribution in [-0.2, 0) is 5.41 Å². The molecule has 2 aliphatic heterocycles. The Morgan fingerprint density at radius 1 is 0.704 bits per heavy atom. The average molecular weight is 365 g/mol. The quantitative estimate of drug-likeness (QED) is 0.448. The molecule has 0 atom stereocenters. The normalized spacial score (nSPS) is 24.5. The summed E-state index contributed by atoms with van der Waals surface area (Å²) in [6.45, 7) is 0. The summed E-state index contributed by atoms with van der Waals surface area (Å²) >= 11 is 0. The van der Waals surface area contributed by atoms with Crippen molar-refractivity contribution in [2.24, 2.45) is 5.73 Å². The van der Waals surface area contributed by atoms with E-state index in [2.05, 4.69) is 0 Å². The van der Waals surface area contributed by atoms with Crippen LogP contribution in [0.25, 0.3) is 0 Å². The van der Waals surface area contributed by atoms with Gasteiger partial charge in [0.2, 0.25) is 0 Å². The summed E-state index contributed by atoms with van der Waals surface area (Å²) in [5, 5.41) is 41.1. The summed E-state index contributed by atoms with van der Waals surface area (Å²) in [5.74, 6) is -2.50. The van der Waals surface area contributed by atoms with Crippen LogP contribution in [0.4, 0.5) is 0 Å². The number of hydrogen-bond acceptors (Lipinski definition) is 7. The zero-order valence-corrected chi connectivity index (χ0v) is 13.9. The number of benzene rings is 3. The van der Waals surface area contributed by atoms with Crippen molar-refractivity contribution >= 4 is 0 Å². The summed E-state index contributed by atoms with van der Waals surface area (Å²) in [4.78, 5) is 0. The fourth-order valence-corrected chi connectivity index (χ4v) is 4.24. The molecule has 0 radical (unpaired) electrons. The molecule has 0 aliphatic carbocycles. The molecule has 136 valence electrons. The van der Waals surface area contributed by atoms with E-state index >= 15 is 0 Å². The third kappa shape index (κ3) is 1.73. The first kappa shape index (κ1) is 15.7. The number of phenolic OH excluding ortho intramolecular Hbond substituents is 4.